The van der Waals surface area contributed by atoms with Gasteiger partial charge in [-0.2, -0.15) is 0 Å². The lowest BCUT2D eigenvalue weighted by molar-refractivity contribution is -0.131. The second-order valence-corrected chi connectivity index (χ2v) is 9.51. The first-order chi connectivity index (χ1) is 16.0. The summed E-state index contributed by atoms with van der Waals surface area (Å²) in [6, 6.07) is 10.3. The first kappa shape index (κ1) is 23.6. The summed E-state index contributed by atoms with van der Waals surface area (Å²) in [6.07, 6.45) is 5.95. The second-order valence-electron chi connectivity index (χ2n) is 9.51. The standard InChI is InChI=1S/C27H38N4O2/c1-21-22(2)25(33-3)11-10-24(21)20-29-14-6-7-23(19-29)9-12-27(32)31-17-15-30(16-18-31)26-8-4-5-13-28-26/h4-5,8,10-11,13,23H,6-7,9,12,14-20H2,1-3H3/t23-/m0/s1. The molecular weight excluding hydrogens is 412 g/mol. The predicted octanol–water partition coefficient (Wildman–Crippen LogP) is 4.05. The van der Waals surface area contributed by atoms with E-state index in [0.29, 0.717) is 18.2 Å². The van der Waals surface area contributed by atoms with E-state index in [-0.39, 0.29) is 0 Å². The molecule has 1 aromatic heterocycles. The molecule has 0 bridgehead atoms. The number of pyridine rings is 1. The molecule has 2 aromatic rings. The minimum atomic E-state index is 0.314. The van der Waals surface area contributed by atoms with Gasteiger partial charge in [0.25, 0.3) is 0 Å². The number of likely N-dealkylation sites (tertiary alicyclic amines) is 1. The van der Waals surface area contributed by atoms with E-state index in [1.54, 1.807) is 7.11 Å². The Morgan fingerprint density at radius 3 is 2.61 bits per heavy atom. The van der Waals surface area contributed by atoms with Crippen molar-refractivity contribution in [3.05, 3.63) is 53.2 Å². The van der Waals surface area contributed by atoms with Crippen LogP contribution in [0.1, 0.15) is 42.4 Å². The molecule has 0 unspecified atom stereocenters. The van der Waals surface area contributed by atoms with Crippen LogP contribution in [0.3, 0.4) is 0 Å². The lowest BCUT2D eigenvalue weighted by Crippen LogP contribution is -2.49. The number of ether oxygens (including phenoxy) is 1. The molecule has 4 rings (SSSR count). The third kappa shape index (κ3) is 5.85. The summed E-state index contributed by atoms with van der Waals surface area (Å²) >= 11 is 0. The Balaban J connectivity index is 1.23. The lowest BCUT2D eigenvalue weighted by Gasteiger charge is -2.36. The number of benzene rings is 1. The SMILES string of the molecule is COc1ccc(CN2CCC[C@@H](CCC(=O)N3CCN(c4ccccn4)CC3)C2)c(C)c1C. The molecule has 1 aromatic carbocycles. The third-order valence-corrected chi connectivity index (χ3v) is 7.44. The Morgan fingerprint density at radius 2 is 1.88 bits per heavy atom. The van der Waals surface area contributed by atoms with Crippen LogP contribution in [0.25, 0.3) is 0 Å². The van der Waals surface area contributed by atoms with Gasteiger partial charge >= 0.3 is 0 Å². The Morgan fingerprint density at radius 1 is 1.06 bits per heavy atom. The molecule has 1 amide bonds. The minimum absolute atomic E-state index is 0.314. The van der Waals surface area contributed by atoms with Crippen LogP contribution in [0.15, 0.2) is 36.5 Å². The molecular formula is C27H38N4O2. The van der Waals surface area contributed by atoms with E-state index in [9.17, 15) is 4.79 Å². The van der Waals surface area contributed by atoms with Gasteiger partial charge < -0.3 is 14.5 Å². The number of amides is 1. The quantitative estimate of drug-likeness (QED) is 0.637. The van der Waals surface area contributed by atoms with Crippen molar-refractivity contribution < 1.29 is 9.53 Å². The zero-order valence-electron chi connectivity index (χ0n) is 20.4. The molecule has 1 atom stereocenters. The molecule has 0 radical (unpaired) electrons. The van der Waals surface area contributed by atoms with Gasteiger partial charge in [0.05, 0.1) is 7.11 Å². The van der Waals surface area contributed by atoms with Gasteiger partial charge in [-0.3, -0.25) is 9.69 Å². The fraction of sp³-hybridized carbons (Fsp3) is 0.556. The van der Waals surface area contributed by atoms with Crippen molar-refractivity contribution in [1.82, 2.24) is 14.8 Å². The van der Waals surface area contributed by atoms with Gasteiger partial charge in [0.15, 0.2) is 0 Å². The average Bonchev–Trinajstić information content (AvgIpc) is 2.86. The van der Waals surface area contributed by atoms with Gasteiger partial charge in [0.1, 0.15) is 11.6 Å². The van der Waals surface area contributed by atoms with Crippen LogP contribution in [-0.4, -0.2) is 67.1 Å². The van der Waals surface area contributed by atoms with Crippen LogP contribution in [0.4, 0.5) is 5.82 Å². The molecule has 0 saturated carbocycles. The number of methoxy groups -OCH3 is 1. The monoisotopic (exact) mass is 450 g/mol. The Labute approximate surface area is 198 Å². The molecule has 3 heterocycles. The molecule has 0 N–H and O–H groups in total. The van der Waals surface area contributed by atoms with Crippen LogP contribution in [0.2, 0.25) is 0 Å². The van der Waals surface area contributed by atoms with Crippen LogP contribution in [-0.2, 0) is 11.3 Å². The molecule has 33 heavy (non-hydrogen) atoms. The number of rotatable bonds is 7. The molecule has 0 spiro atoms. The first-order valence-electron chi connectivity index (χ1n) is 12.3. The van der Waals surface area contributed by atoms with Gasteiger partial charge in [-0.25, -0.2) is 4.98 Å². The molecule has 2 fully saturated rings. The molecule has 2 aliphatic heterocycles. The highest BCUT2D eigenvalue weighted by molar-refractivity contribution is 5.76. The van der Waals surface area contributed by atoms with E-state index in [1.165, 1.54) is 29.5 Å². The lowest BCUT2D eigenvalue weighted by atomic mass is 9.92. The molecule has 2 saturated heterocycles. The fourth-order valence-corrected chi connectivity index (χ4v) is 5.23. The minimum Gasteiger partial charge on any atom is -0.496 e. The van der Waals surface area contributed by atoms with E-state index in [0.717, 1.165) is 63.8 Å². The maximum absolute atomic E-state index is 12.9. The summed E-state index contributed by atoms with van der Waals surface area (Å²) in [5, 5.41) is 0. The highest BCUT2D eigenvalue weighted by atomic mass is 16.5. The zero-order valence-corrected chi connectivity index (χ0v) is 20.4. The van der Waals surface area contributed by atoms with E-state index >= 15 is 0 Å². The van der Waals surface area contributed by atoms with Gasteiger partial charge in [-0.1, -0.05) is 12.1 Å². The third-order valence-electron chi connectivity index (χ3n) is 7.44. The van der Waals surface area contributed by atoms with Crippen LogP contribution >= 0.6 is 0 Å². The average molecular weight is 451 g/mol. The van der Waals surface area contributed by atoms with Gasteiger partial charge in [-0.15, -0.1) is 0 Å². The summed E-state index contributed by atoms with van der Waals surface area (Å²) in [5.74, 6) is 2.90. The van der Waals surface area contributed by atoms with Crippen molar-refractivity contribution in [1.29, 1.82) is 0 Å². The van der Waals surface area contributed by atoms with Crippen LogP contribution in [0, 0.1) is 19.8 Å². The Kier molecular flexibility index (Phi) is 7.86. The van der Waals surface area contributed by atoms with E-state index in [1.807, 2.05) is 29.3 Å². The number of nitrogens with zero attached hydrogens (tertiary/aromatic N) is 4. The molecule has 0 aliphatic carbocycles. The maximum Gasteiger partial charge on any atom is 0.222 e. The highest BCUT2D eigenvalue weighted by Crippen LogP contribution is 2.27. The number of hydrogen-bond acceptors (Lipinski definition) is 5. The van der Waals surface area contributed by atoms with Crippen molar-refractivity contribution in [2.75, 3.05) is 51.3 Å². The summed E-state index contributed by atoms with van der Waals surface area (Å²) in [6.45, 7) is 10.9. The molecule has 6 heteroatoms. The van der Waals surface area contributed by atoms with E-state index in [4.69, 9.17) is 4.74 Å². The second kappa shape index (κ2) is 11.0. The molecule has 6 nitrogen and oxygen atoms in total. The maximum atomic E-state index is 12.9. The summed E-state index contributed by atoms with van der Waals surface area (Å²) < 4.78 is 5.47. The number of piperidine rings is 1. The molecule has 2 aliphatic rings. The number of carbonyl (C=O) groups is 1. The Bertz CT molecular complexity index is 925. The predicted molar refractivity (Wildman–Crippen MR) is 133 cm³/mol. The number of hydrogen-bond donors (Lipinski definition) is 0. The van der Waals surface area contributed by atoms with Crippen molar-refractivity contribution in [2.45, 2.75) is 46.1 Å². The van der Waals surface area contributed by atoms with Crippen molar-refractivity contribution in [3.8, 4) is 5.75 Å². The normalized spacial score (nSPS) is 19.5. The largest absolute Gasteiger partial charge is 0.496 e. The number of piperazine rings is 1. The summed E-state index contributed by atoms with van der Waals surface area (Å²) in [7, 11) is 1.73. The zero-order chi connectivity index (χ0) is 23.2. The van der Waals surface area contributed by atoms with Crippen LogP contribution in [0.5, 0.6) is 5.75 Å². The van der Waals surface area contributed by atoms with Crippen LogP contribution < -0.4 is 9.64 Å². The summed E-state index contributed by atoms with van der Waals surface area (Å²) in [5.41, 5.74) is 3.95. The van der Waals surface area contributed by atoms with Crippen molar-refractivity contribution in [2.24, 2.45) is 5.92 Å². The first-order valence-corrected chi connectivity index (χ1v) is 12.3. The van der Waals surface area contributed by atoms with Gasteiger partial charge in [0.2, 0.25) is 5.91 Å². The van der Waals surface area contributed by atoms with Gasteiger partial charge in [0, 0.05) is 51.9 Å². The smallest absolute Gasteiger partial charge is 0.222 e. The number of aromatic nitrogens is 1. The van der Waals surface area contributed by atoms with Gasteiger partial charge in [-0.05, 0) is 80.5 Å². The highest BCUT2D eigenvalue weighted by Gasteiger charge is 2.25. The molecule has 178 valence electrons. The van der Waals surface area contributed by atoms with Crippen molar-refractivity contribution in [3.63, 3.8) is 0 Å². The van der Waals surface area contributed by atoms with E-state index in [2.05, 4.69) is 40.8 Å². The number of carbonyl (C=O) groups excluding carboxylic acids is 1. The summed E-state index contributed by atoms with van der Waals surface area (Å²) in [4.78, 5) is 24.2. The topological polar surface area (TPSA) is 48.9 Å². The fourth-order valence-electron chi connectivity index (χ4n) is 5.23. The van der Waals surface area contributed by atoms with Crippen molar-refractivity contribution >= 4 is 11.7 Å². The van der Waals surface area contributed by atoms with E-state index < -0.39 is 0 Å². The number of anilines is 1. The Hall–Kier alpha value is -2.60.